The molecule has 5 nitrogen and oxygen atoms in total. The summed E-state index contributed by atoms with van der Waals surface area (Å²) >= 11 is 6.20. The second-order valence-corrected chi connectivity index (χ2v) is 6.31. The number of rotatable bonds is 5. The van der Waals surface area contributed by atoms with Crippen LogP contribution in [-0.4, -0.2) is 19.9 Å². The van der Waals surface area contributed by atoms with Crippen LogP contribution in [0.1, 0.15) is 18.9 Å². The van der Waals surface area contributed by atoms with E-state index in [0.717, 1.165) is 29.7 Å². The van der Waals surface area contributed by atoms with Gasteiger partial charge in [0.25, 0.3) is 0 Å². The van der Waals surface area contributed by atoms with Crippen LogP contribution in [0.15, 0.2) is 43.1 Å². The van der Waals surface area contributed by atoms with Gasteiger partial charge in [-0.25, -0.2) is 14.4 Å². The summed E-state index contributed by atoms with van der Waals surface area (Å²) in [5.41, 5.74) is 3.34. The predicted octanol–water partition coefficient (Wildman–Crippen LogP) is 5.49. The van der Waals surface area contributed by atoms with Crippen LogP contribution in [0, 0.1) is 5.82 Å². The topological polar surface area (TPSA) is 66.6 Å². The largest absolute Gasteiger partial charge is 0.437 e. The van der Waals surface area contributed by atoms with Crippen LogP contribution >= 0.6 is 11.6 Å². The average Bonchev–Trinajstić information content (AvgIpc) is 3.30. The third-order valence-electron chi connectivity index (χ3n) is 4.17. The van der Waals surface area contributed by atoms with E-state index in [1.165, 1.54) is 6.07 Å². The molecule has 7 heteroatoms. The van der Waals surface area contributed by atoms with Gasteiger partial charge in [0.2, 0.25) is 5.88 Å². The molecule has 0 saturated carbocycles. The maximum atomic E-state index is 14.4. The summed E-state index contributed by atoms with van der Waals surface area (Å²) in [6.45, 7) is 2.06. The van der Waals surface area contributed by atoms with Crippen LogP contribution in [0.25, 0.3) is 22.2 Å². The molecule has 0 aliphatic carbocycles. The van der Waals surface area contributed by atoms with Crippen molar-refractivity contribution in [3.05, 3.63) is 59.5 Å². The number of nitrogens with zero attached hydrogens (tertiary/aromatic N) is 2. The predicted molar refractivity (Wildman–Crippen MR) is 99.2 cm³/mol. The van der Waals surface area contributed by atoms with Gasteiger partial charge in [-0.2, -0.15) is 0 Å². The van der Waals surface area contributed by atoms with Gasteiger partial charge in [0.15, 0.2) is 5.75 Å². The second-order valence-electron chi connectivity index (χ2n) is 5.93. The van der Waals surface area contributed by atoms with Crippen molar-refractivity contribution in [3.63, 3.8) is 0 Å². The highest BCUT2D eigenvalue weighted by atomic mass is 35.5. The Morgan fingerprint density at radius 1 is 1.27 bits per heavy atom. The zero-order valence-corrected chi connectivity index (χ0v) is 14.8. The SMILES string of the molecule is CCCc1c[nH]c2c(Oc3cc(-c4cnc[nH]4)ccn3)cc(F)c(Cl)c12. The summed E-state index contributed by atoms with van der Waals surface area (Å²) in [6.07, 6.45) is 8.52. The maximum absolute atomic E-state index is 14.4. The van der Waals surface area contributed by atoms with Gasteiger partial charge in [0.05, 0.1) is 28.8 Å². The summed E-state index contributed by atoms with van der Waals surface area (Å²) in [7, 11) is 0. The Morgan fingerprint density at radius 2 is 2.15 bits per heavy atom. The van der Waals surface area contributed by atoms with E-state index < -0.39 is 5.82 Å². The van der Waals surface area contributed by atoms with E-state index in [1.54, 1.807) is 24.8 Å². The highest BCUT2D eigenvalue weighted by molar-refractivity contribution is 6.36. The molecule has 0 atom stereocenters. The number of H-pyrrole nitrogens is 2. The average molecular weight is 371 g/mol. The number of ether oxygens (including phenoxy) is 1. The van der Waals surface area contributed by atoms with Gasteiger partial charge in [-0.15, -0.1) is 0 Å². The fourth-order valence-electron chi connectivity index (χ4n) is 2.99. The van der Waals surface area contributed by atoms with E-state index >= 15 is 0 Å². The number of hydrogen-bond donors (Lipinski definition) is 2. The van der Waals surface area contributed by atoms with Crippen LogP contribution in [0.3, 0.4) is 0 Å². The van der Waals surface area contributed by atoms with Crippen molar-refractivity contribution < 1.29 is 9.13 Å². The molecule has 4 aromatic rings. The van der Waals surface area contributed by atoms with Crippen molar-refractivity contribution in [1.29, 1.82) is 0 Å². The Hall–Kier alpha value is -2.86. The monoisotopic (exact) mass is 370 g/mol. The molecule has 3 aromatic heterocycles. The van der Waals surface area contributed by atoms with Crippen molar-refractivity contribution >= 4 is 22.5 Å². The second kappa shape index (κ2) is 6.80. The third kappa shape index (κ3) is 2.93. The molecule has 0 radical (unpaired) electrons. The lowest BCUT2D eigenvalue weighted by molar-refractivity contribution is 0.463. The number of halogens is 2. The Bertz CT molecular complexity index is 1060. The van der Waals surface area contributed by atoms with E-state index in [4.69, 9.17) is 16.3 Å². The lowest BCUT2D eigenvalue weighted by Gasteiger charge is -2.09. The highest BCUT2D eigenvalue weighted by Crippen LogP contribution is 2.38. The highest BCUT2D eigenvalue weighted by Gasteiger charge is 2.17. The molecule has 0 spiro atoms. The van der Waals surface area contributed by atoms with E-state index in [1.807, 2.05) is 12.3 Å². The molecule has 2 N–H and O–H groups in total. The smallest absolute Gasteiger partial charge is 0.219 e. The van der Waals surface area contributed by atoms with Gasteiger partial charge in [0, 0.05) is 35.5 Å². The molecular formula is C19H16ClFN4O. The van der Waals surface area contributed by atoms with Gasteiger partial charge in [-0.05, 0) is 18.1 Å². The van der Waals surface area contributed by atoms with Gasteiger partial charge < -0.3 is 14.7 Å². The summed E-state index contributed by atoms with van der Waals surface area (Å²) in [4.78, 5) is 14.4. The number of benzene rings is 1. The van der Waals surface area contributed by atoms with E-state index in [0.29, 0.717) is 22.5 Å². The number of aryl methyl sites for hydroxylation is 1. The van der Waals surface area contributed by atoms with Gasteiger partial charge in [0.1, 0.15) is 5.82 Å². The molecule has 0 amide bonds. The van der Waals surface area contributed by atoms with Crippen molar-refractivity contribution in [2.24, 2.45) is 0 Å². The van der Waals surface area contributed by atoms with Crippen molar-refractivity contribution in [1.82, 2.24) is 19.9 Å². The lowest BCUT2D eigenvalue weighted by Crippen LogP contribution is -1.92. The molecule has 0 aliphatic rings. The van der Waals surface area contributed by atoms with Gasteiger partial charge >= 0.3 is 0 Å². The summed E-state index contributed by atoms with van der Waals surface area (Å²) in [5, 5.41) is 0.768. The van der Waals surface area contributed by atoms with Crippen molar-refractivity contribution in [2.45, 2.75) is 19.8 Å². The molecule has 0 fully saturated rings. The number of fused-ring (bicyclic) bond motifs is 1. The van der Waals surface area contributed by atoms with Crippen LogP contribution in [-0.2, 0) is 6.42 Å². The Kier molecular flexibility index (Phi) is 4.34. The van der Waals surface area contributed by atoms with Crippen LogP contribution in [0.5, 0.6) is 11.6 Å². The first kappa shape index (κ1) is 16.6. The standard InChI is InChI=1S/C19H16ClFN4O/c1-2-3-12-8-24-19-15(7-13(21)18(20)17(12)19)26-16-6-11(4-5-23-16)14-9-22-10-25-14/h4-10,24H,2-3H2,1H3,(H,22,25). The molecule has 0 aliphatic heterocycles. The number of pyridine rings is 1. The summed E-state index contributed by atoms with van der Waals surface area (Å²) < 4.78 is 20.2. The molecule has 3 heterocycles. The van der Waals surface area contributed by atoms with E-state index in [9.17, 15) is 4.39 Å². The first-order valence-electron chi connectivity index (χ1n) is 8.28. The molecule has 26 heavy (non-hydrogen) atoms. The fraction of sp³-hybridized carbons (Fsp3) is 0.158. The number of hydrogen-bond acceptors (Lipinski definition) is 3. The maximum Gasteiger partial charge on any atom is 0.219 e. The summed E-state index contributed by atoms with van der Waals surface area (Å²) in [5.74, 6) is 0.182. The number of imidazole rings is 1. The fourth-order valence-corrected chi connectivity index (χ4v) is 3.26. The molecule has 132 valence electrons. The van der Waals surface area contributed by atoms with Crippen LogP contribution in [0.4, 0.5) is 4.39 Å². The number of nitrogens with one attached hydrogen (secondary N) is 2. The molecule has 0 bridgehead atoms. The zero-order valence-electron chi connectivity index (χ0n) is 14.0. The zero-order chi connectivity index (χ0) is 18.1. The molecule has 4 rings (SSSR count). The molecular weight excluding hydrogens is 355 g/mol. The molecule has 0 unspecified atom stereocenters. The quantitative estimate of drug-likeness (QED) is 0.488. The minimum Gasteiger partial charge on any atom is -0.437 e. The third-order valence-corrected chi connectivity index (χ3v) is 4.54. The van der Waals surface area contributed by atoms with E-state index in [2.05, 4.69) is 26.9 Å². The number of aromatic amines is 2. The van der Waals surface area contributed by atoms with Crippen molar-refractivity contribution in [2.75, 3.05) is 0 Å². The first-order valence-corrected chi connectivity index (χ1v) is 8.65. The summed E-state index contributed by atoms with van der Waals surface area (Å²) in [6, 6.07) is 4.88. The minimum absolute atomic E-state index is 0.108. The number of aromatic nitrogens is 4. The lowest BCUT2D eigenvalue weighted by atomic mass is 10.1. The first-order chi connectivity index (χ1) is 12.7. The molecule has 0 saturated heterocycles. The minimum atomic E-state index is -0.518. The van der Waals surface area contributed by atoms with Crippen LogP contribution in [0.2, 0.25) is 5.02 Å². The Labute approximate surface area is 154 Å². The van der Waals surface area contributed by atoms with Crippen LogP contribution < -0.4 is 4.74 Å². The van der Waals surface area contributed by atoms with Gasteiger partial charge in [-0.1, -0.05) is 24.9 Å². The van der Waals surface area contributed by atoms with Crippen molar-refractivity contribution in [3.8, 4) is 22.9 Å². The van der Waals surface area contributed by atoms with Gasteiger partial charge in [-0.3, -0.25) is 0 Å². The normalized spacial score (nSPS) is 11.2. The Morgan fingerprint density at radius 3 is 2.92 bits per heavy atom. The van der Waals surface area contributed by atoms with E-state index in [-0.39, 0.29) is 5.02 Å². The molecule has 1 aromatic carbocycles. The Balaban J connectivity index is 1.76.